The first-order valence-electron chi connectivity index (χ1n) is 6.09. The summed E-state index contributed by atoms with van der Waals surface area (Å²) in [5.41, 5.74) is 12.4. The Morgan fingerprint density at radius 3 is 2.83 bits per heavy atom. The van der Waals surface area contributed by atoms with Crippen LogP contribution in [0.5, 0.6) is 0 Å². The molecule has 1 aromatic rings. The molecule has 1 saturated heterocycles. The van der Waals surface area contributed by atoms with Gasteiger partial charge in [-0.15, -0.1) is 0 Å². The van der Waals surface area contributed by atoms with E-state index in [1.165, 1.54) is 0 Å². The van der Waals surface area contributed by atoms with Crippen LogP contribution in [0.1, 0.15) is 23.7 Å². The van der Waals surface area contributed by atoms with E-state index in [0.717, 1.165) is 18.7 Å². The zero-order valence-electron chi connectivity index (χ0n) is 10.4. The Morgan fingerprint density at radius 1 is 1.56 bits per heavy atom. The van der Waals surface area contributed by atoms with Gasteiger partial charge in [-0.25, -0.2) is 0 Å². The smallest absolute Gasteiger partial charge is 0.252 e. The third kappa shape index (κ3) is 2.31. The molecule has 1 heterocycles. The molecule has 4 N–H and O–H groups in total. The van der Waals surface area contributed by atoms with Gasteiger partial charge in [-0.1, -0.05) is 17.7 Å². The molecule has 0 aliphatic carbocycles. The van der Waals surface area contributed by atoms with Crippen LogP contribution in [0.15, 0.2) is 18.2 Å². The van der Waals surface area contributed by atoms with Gasteiger partial charge in [0.15, 0.2) is 0 Å². The molecule has 0 saturated carbocycles. The minimum Gasteiger partial charge on any atom is -0.368 e. The maximum atomic E-state index is 11.5. The lowest BCUT2D eigenvalue weighted by Gasteiger charge is -2.26. The van der Waals surface area contributed by atoms with Crippen molar-refractivity contribution in [3.63, 3.8) is 0 Å². The van der Waals surface area contributed by atoms with Crippen molar-refractivity contribution in [1.82, 2.24) is 0 Å². The van der Waals surface area contributed by atoms with Crippen molar-refractivity contribution in [2.75, 3.05) is 18.0 Å². The van der Waals surface area contributed by atoms with Crippen molar-refractivity contribution < 1.29 is 4.79 Å². The number of benzene rings is 1. The topological polar surface area (TPSA) is 72.3 Å². The van der Waals surface area contributed by atoms with Crippen LogP contribution < -0.4 is 16.4 Å². The van der Waals surface area contributed by atoms with E-state index >= 15 is 0 Å². The predicted molar refractivity (Wildman–Crippen MR) is 73.9 cm³/mol. The molecule has 2 rings (SSSR count). The third-order valence-corrected chi connectivity index (χ3v) is 3.86. The fraction of sp³-hybridized carbons (Fsp3) is 0.462. The zero-order valence-corrected chi connectivity index (χ0v) is 11.2. The number of hydrogen-bond acceptors (Lipinski definition) is 3. The number of anilines is 1. The summed E-state index contributed by atoms with van der Waals surface area (Å²) in [4.78, 5) is 13.7. The van der Waals surface area contributed by atoms with E-state index in [9.17, 15) is 4.79 Å². The van der Waals surface area contributed by atoms with Gasteiger partial charge in [0, 0.05) is 12.6 Å². The first kappa shape index (κ1) is 13.2. The number of carbonyl (C=O) groups is 1. The van der Waals surface area contributed by atoms with Crippen molar-refractivity contribution >= 4 is 23.2 Å². The largest absolute Gasteiger partial charge is 0.368 e. The van der Waals surface area contributed by atoms with E-state index < -0.39 is 5.91 Å². The zero-order chi connectivity index (χ0) is 13.3. The fourth-order valence-electron chi connectivity index (χ4n) is 2.64. The van der Waals surface area contributed by atoms with Crippen molar-refractivity contribution in [1.29, 1.82) is 0 Å². The molecule has 1 fully saturated rings. The lowest BCUT2D eigenvalue weighted by Crippen LogP contribution is -2.30. The summed E-state index contributed by atoms with van der Waals surface area (Å²) in [6.07, 6.45) is 1.03. The van der Waals surface area contributed by atoms with Crippen LogP contribution in [0.2, 0.25) is 5.02 Å². The molecule has 1 aliphatic rings. The Bertz CT molecular complexity index is 464. The number of nitrogens with zero attached hydrogens (tertiary/aromatic N) is 1. The van der Waals surface area contributed by atoms with Gasteiger partial charge in [0.05, 0.1) is 16.3 Å². The third-order valence-electron chi connectivity index (χ3n) is 3.54. The highest BCUT2D eigenvalue weighted by atomic mass is 35.5. The maximum Gasteiger partial charge on any atom is 0.252 e. The van der Waals surface area contributed by atoms with Crippen LogP contribution in [0.25, 0.3) is 0 Å². The SMILES string of the molecule is CC1CC(CN)CN1c1cccc(Cl)c1C(N)=O. The van der Waals surface area contributed by atoms with E-state index in [-0.39, 0.29) is 0 Å². The van der Waals surface area contributed by atoms with E-state index in [2.05, 4.69) is 11.8 Å². The molecule has 0 spiro atoms. The normalized spacial score (nSPS) is 23.4. The minimum atomic E-state index is -0.487. The summed E-state index contributed by atoms with van der Waals surface area (Å²) in [6, 6.07) is 5.76. The van der Waals surface area contributed by atoms with Crippen molar-refractivity contribution in [3.05, 3.63) is 28.8 Å². The second-order valence-corrected chi connectivity index (χ2v) is 5.24. The van der Waals surface area contributed by atoms with Crippen LogP contribution >= 0.6 is 11.6 Å². The van der Waals surface area contributed by atoms with Crippen LogP contribution in [0.3, 0.4) is 0 Å². The minimum absolute atomic E-state index is 0.343. The summed E-state index contributed by atoms with van der Waals surface area (Å²) >= 11 is 6.07. The molecule has 5 heteroatoms. The summed E-state index contributed by atoms with van der Waals surface area (Å²) in [6.45, 7) is 3.63. The van der Waals surface area contributed by atoms with Crippen LogP contribution in [0.4, 0.5) is 5.69 Å². The molecule has 18 heavy (non-hydrogen) atoms. The number of hydrogen-bond donors (Lipinski definition) is 2. The molecule has 4 nitrogen and oxygen atoms in total. The monoisotopic (exact) mass is 267 g/mol. The van der Waals surface area contributed by atoms with Gasteiger partial charge < -0.3 is 16.4 Å². The fourth-order valence-corrected chi connectivity index (χ4v) is 2.91. The van der Waals surface area contributed by atoms with E-state index in [1.54, 1.807) is 6.07 Å². The summed E-state index contributed by atoms with van der Waals surface area (Å²) in [5.74, 6) is -0.0290. The molecule has 0 aromatic heterocycles. The van der Waals surface area contributed by atoms with E-state index in [4.69, 9.17) is 23.1 Å². The van der Waals surface area contributed by atoms with E-state index in [0.29, 0.717) is 29.1 Å². The Hall–Kier alpha value is -1.26. The molecule has 0 bridgehead atoms. The number of rotatable bonds is 3. The Balaban J connectivity index is 2.39. The standard InChI is InChI=1S/C13H18ClN3O/c1-8-5-9(6-15)7-17(8)11-4-2-3-10(14)12(11)13(16)18/h2-4,8-9H,5-7,15H2,1H3,(H2,16,18). The molecule has 0 radical (unpaired) electrons. The molecule has 1 aromatic carbocycles. The molecular formula is C13H18ClN3O. The van der Waals surface area contributed by atoms with Crippen LogP contribution in [0, 0.1) is 5.92 Å². The molecule has 1 amide bonds. The Labute approximate surface area is 112 Å². The molecule has 98 valence electrons. The highest BCUT2D eigenvalue weighted by Gasteiger charge is 2.30. The Morgan fingerprint density at radius 2 is 2.28 bits per heavy atom. The first-order valence-corrected chi connectivity index (χ1v) is 6.47. The van der Waals surface area contributed by atoms with Gasteiger partial charge in [0.1, 0.15) is 0 Å². The Kier molecular flexibility index (Phi) is 3.78. The van der Waals surface area contributed by atoms with Crippen molar-refractivity contribution in [2.24, 2.45) is 17.4 Å². The average Bonchev–Trinajstić information content (AvgIpc) is 2.69. The van der Waals surface area contributed by atoms with Gasteiger partial charge in [-0.05, 0) is 37.9 Å². The quantitative estimate of drug-likeness (QED) is 0.874. The van der Waals surface area contributed by atoms with Crippen LogP contribution in [-0.4, -0.2) is 25.0 Å². The predicted octanol–water partition coefficient (Wildman–Crippen LogP) is 1.61. The van der Waals surface area contributed by atoms with Gasteiger partial charge in [0.2, 0.25) is 0 Å². The summed E-state index contributed by atoms with van der Waals surface area (Å²) < 4.78 is 0. The average molecular weight is 268 g/mol. The first-order chi connectivity index (χ1) is 8.54. The lowest BCUT2D eigenvalue weighted by atomic mass is 10.1. The number of carbonyl (C=O) groups excluding carboxylic acids is 1. The number of amides is 1. The second-order valence-electron chi connectivity index (χ2n) is 4.84. The number of halogens is 1. The van der Waals surface area contributed by atoms with E-state index in [1.807, 2.05) is 12.1 Å². The summed E-state index contributed by atoms with van der Waals surface area (Å²) in [7, 11) is 0. The highest BCUT2D eigenvalue weighted by molar-refractivity contribution is 6.34. The number of primary amides is 1. The molecule has 1 aliphatic heterocycles. The van der Waals surface area contributed by atoms with Crippen molar-refractivity contribution in [2.45, 2.75) is 19.4 Å². The highest BCUT2D eigenvalue weighted by Crippen LogP contribution is 2.33. The van der Waals surface area contributed by atoms with Gasteiger partial charge >= 0.3 is 0 Å². The molecule has 2 atom stereocenters. The van der Waals surface area contributed by atoms with Gasteiger partial charge in [0.25, 0.3) is 5.91 Å². The number of nitrogens with two attached hydrogens (primary N) is 2. The molecule has 2 unspecified atom stereocenters. The van der Waals surface area contributed by atoms with Gasteiger partial charge in [-0.3, -0.25) is 4.79 Å². The molecular weight excluding hydrogens is 250 g/mol. The summed E-state index contributed by atoms with van der Waals surface area (Å²) in [5, 5.41) is 0.406. The van der Waals surface area contributed by atoms with Crippen LogP contribution in [-0.2, 0) is 0 Å². The van der Waals surface area contributed by atoms with Crippen molar-refractivity contribution in [3.8, 4) is 0 Å². The maximum absolute atomic E-state index is 11.5. The van der Waals surface area contributed by atoms with Gasteiger partial charge in [-0.2, -0.15) is 0 Å². The lowest BCUT2D eigenvalue weighted by molar-refractivity contribution is 0.100. The second kappa shape index (κ2) is 5.16.